The van der Waals surface area contributed by atoms with Gasteiger partial charge < -0.3 is 58.3 Å². The molecule has 0 aliphatic rings. The molecule has 4 heterocycles. The minimum atomic E-state index is -1.50. The summed E-state index contributed by atoms with van der Waals surface area (Å²) < 4.78 is 0. The van der Waals surface area contributed by atoms with E-state index in [4.69, 9.17) is 76.2 Å². The van der Waals surface area contributed by atoms with Gasteiger partial charge in [0.15, 0.2) is 11.6 Å². The standard InChI is InChI=1S/C15H13ClN4O.C8H5N3O4.C8H7N3O2.C8H6N2O2.C7H8ClN.CH4O.CH4.HNO3/c16-11-3-1-2-9(6-11)8-18-15(21)10-4-5-12-13(7-10)19-20-14(12)17;12-8(13)4-1-2-5-6(3-4)9-10-7(5)11(14)15;9-7-5-2-1-4(8(12)13)3-6(5)10-11-7;11-8(12)5-1-2-6-4-9-10-7(6)3-5;8-7-3-1-2-6(4-7)5-9;1-2;;2-1(3)4/h1-7H,8H2,(H,18,21)(H3,17,19,20);1-3H,(H,9,10)(H,12,13);1-3H,(H,12,13)(H3,9,10,11);1-4H,(H,9,10)(H,11,12);1-4H,5,9H2;2H,1H3;1H4;(H,2,3,4). The Morgan fingerprint density at radius 3 is 1.56 bits per heavy atom. The zero-order valence-electron chi connectivity index (χ0n) is 39.2. The summed E-state index contributed by atoms with van der Waals surface area (Å²) in [5.74, 6) is -2.57. The highest BCUT2D eigenvalue weighted by molar-refractivity contribution is 6.31. The molecule has 10 rings (SSSR count). The van der Waals surface area contributed by atoms with E-state index in [0.29, 0.717) is 46.2 Å². The molecule has 0 aliphatic carbocycles. The second-order valence-corrected chi connectivity index (χ2v) is 15.6. The van der Waals surface area contributed by atoms with Gasteiger partial charge in [0.25, 0.3) is 11.0 Å². The number of carboxylic acid groups (broad SMARTS) is 3. The minimum Gasteiger partial charge on any atom is -0.478 e. The van der Waals surface area contributed by atoms with Crippen LogP contribution in [0.15, 0.2) is 128 Å². The molecule has 0 radical (unpaired) electrons. The number of aromatic nitrogens is 8. The highest BCUT2D eigenvalue weighted by Crippen LogP contribution is 2.24. The van der Waals surface area contributed by atoms with E-state index < -0.39 is 27.9 Å². The molecule has 16 N–H and O–H groups in total. The second-order valence-electron chi connectivity index (χ2n) is 14.8. The molecule has 0 atom stereocenters. The van der Waals surface area contributed by atoms with Crippen LogP contribution >= 0.6 is 23.2 Å². The van der Waals surface area contributed by atoms with Crippen molar-refractivity contribution >= 4 is 108 Å². The number of halogens is 2. The molecule has 0 unspecified atom stereocenters. The normalized spacial score (nSPS) is 9.83. The maximum atomic E-state index is 12.1. The number of rotatable bonds is 8. The number of amides is 1. The van der Waals surface area contributed by atoms with Crippen molar-refractivity contribution in [2.45, 2.75) is 20.5 Å². The Bertz CT molecular complexity index is 3630. The molecule has 0 fully saturated rings. The van der Waals surface area contributed by atoms with E-state index in [0.717, 1.165) is 50.5 Å². The van der Waals surface area contributed by atoms with Crippen molar-refractivity contribution < 1.29 is 54.8 Å². The van der Waals surface area contributed by atoms with Crippen LogP contribution in [0.25, 0.3) is 43.6 Å². The summed E-state index contributed by atoms with van der Waals surface area (Å²) in [5, 5.41) is 89.7. The highest BCUT2D eigenvalue weighted by atomic mass is 35.5. The number of H-pyrrole nitrogens is 4. The van der Waals surface area contributed by atoms with Crippen LogP contribution in [0.5, 0.6) is 0 Å². The Hall–Kier alpha value is -10.2. The first-order valence-corrected chi connectivity index (χ1v) is 22.0. The third-order valence-corrected chi connectivity index (χ3v) is 10.3. The molecule has 0 bridgehead atoms. The molecular formula is C48H48Cl2N14O13. The Balaban J connectivity index is 0.000000252. The van der Waals surface area contributed by atoms with Crippen LogP contribution in [0.2, 0.25) is 10.0 Å². The first-order valence-electron chi connectivity index (χ1n) is 21.2. The number of hydrogen-bond acceptors (Lipinski definition) is 16. The summed E-state index contributed by atoms with van der Waals surface area (Å²) in [6.07, 6.45) is 1.65. The fraction of sp³-hybridized carbons (Fsp3) is 0.0833. The van der Waals surface area contributed by atoms with E-state index in [2.05, 4.69) is 46.1 Å². The molecule has 29 heteroatoms. The lowest BCUT2D eigenvalue weighted by Gasteiger charge is -2.06. The SMILES string of the molecule is C.CO.NCc1cccc(Cl)c1.Nc1n[nH]c2cc(C(=O)NCc3cccc(Cl)c3)ccc12.Nc1n[nH]c2cc(C(=O)O)ccc12.O=C(O)c1ccc2c([N+](=O)[O-])[nH]nc2c1.O=C(O)c1ccc2cn[nH]c2c1.O=[N+]([O-])O. The van der Waals surface area contributed by atoms with Gasteiger partial charge in [-0.15, -0.1) is 15.2 Å². The quantitative estimate of drug-likeness (QED) is 0.0512. The Morgan fingerprint density at radius 2 is 1.06 bits per heavy atom. The molecule has 0 spiro atoms. The molecule has 0 saturated carbocycles. The molecule has 10 aromatic rings. The van der Waals surface area contributed by atoms with E-state index in [1.165, 1.54) is 30.3 Å². The molecule has 4 aromatic heterocycles. The predicted molar refractivity (Wildman–Crippen MR) is 286 cm³/mol. The van der Waals surface area contributed by atoms with Crippen LogP contribution in [-0.4, -0.2) is 107 Å². The van der Waals surface area contributed by atoms with Crippen LogP contribution in [0.1, 0.15) is 60.0 Å². The zero-order valence-corrected chi connectivity index (χ0v) is 40.7. The maximum absolute atomic E-state index is 12.1. The number of nitrogens with two attached hydrogens (primary N) is 3. The molecule has 27 nitrogen and oxygen atoms in total. The van der Waals surface area contributed by atoms with E-state index in [1.807, 2.05) is 42.5 Å². The van der Waals surface area contributed by atoms with Crippen molar-refractivity contribution in [2.24, 2.45) is 5.73 Å². The number of nitrogens with one attached hydrogen (secondary N) is 5. The van der Waals surface area contributed by atoms with Gasteiger partial charge in [0.1, 0.15) is 5.52 Å². The average Bonchev–Trinajstić information content (AvgIpc) is 4.22. The summed E-state index contributed by atoms with van der Waals surface area (Å²) in [6, 6.07) is 33.6. The van der Waals surface area contributed by atoms with E-state index >= 15 is 0 Å². The number of benzene rings is 6. The number of carbonyl (C=O) groups is 4. The minimum absolute atomic E-state index is 0. The smallest absolute Gasteiger partial charge is 0.350 e. The van der Waals surface area contributed by atoms with Crippen molar-refractivity contribution in [3.8, 4) is 0 Å². The van der Waals surface area contributed by atoms with E-state index in [1.54, 1.807) is 54.7 Å². The first kappa shape index (κ1) is 61.1. The Kier molecular flexibility index (Phi) is 23.4. The molecular weight excluding hydrogens is 1050 g/mol. The van der Waals surface area contributed by atoms with E-state index in [9.17, 15) is 29.3 Å². The Morgan fingerprint density at radius 1 is 0.610 bits per heavy atom. The van der Waals surface area contributed by atoms with Gasteiger partial charge in [-0.25, -0.2) is 14.4 Å². The second kappa shape index (κ2) is 29.5. The molecule has 77 heavy (non-hydrogen) atoms. The van der Waals surface area contributed by atoms with Gasteiger partial charge in [0.2, 0.25) is 0 Å². The molecule has 0 aliphatic heterocycles. The number of nitrogen functional groups attached to an aromatic ring is 2. The Labute approximate surface area is 443 Å². The third kappa shape index (κ3) is 18.0. The van der Waals surface area contributed by atoms with Crippen LogP contribution in [0.4, 0.5) is 17.5 Å². The molecule has 402 valence electrons. The van der Waals surface area contributed by atoms with Gasteiger partial charge in [-0.3, -0.25) is 20.1 Å². The summed E-state index contributed by atoms with van der Waals surface area (Å²) >= 11 is 11.6. The lowest BCUT2D eigenvalue weighted by atomic mass is 10.1. The fourth-order valence-electron chi connectivity index (χ4n) is 6.29. The largest absolute Gasteiger partial charge is 0.478 e. The highest BCUT2D eigenvalue weighted by Gasteiger charge is 2.16. The summed E-state index contributed by atoms with van der Waals surface area (Å²) in [7, 11) is 1.00. The number of anilines is 2. The van der Waals surface area contributed by atoms with Crippen molar-refractivity contribution in [3.63, 3.8) is 0 Å². The predicted octanol–water partition coefficient (Wildman–Crippen LogP) is 7.70. The first-order chi connectivity index (χ1) is 36.2. The molecule has 0 saturated heterocycles. The number of hydrogen-bond donors (Lipinski definition) is 13. The number of aliphatic hydroxyl groups is 1. The number of aliphatic hydroxyl groups excluding tert-OH is 1. The lowest BCUT2D eigenvalue weighted by Crippen LogP contribution is -2.22. The van der Waals surface area contributed by atoms with Gasteiger partial charge in [-0.2, -0.15) is 15.3 Å². The molecule has 1 amide bonds. The van der Waals surface area contributed by atoms with Gasteiger partial charge in [0.05, 0.1) is 44.8 Å². The van der Waals surface area contributed by atoms with Crippen molar-refractivity contribution in [3.05, 3.63) is 191 Å². The summed E-state index contributed by atoms with van der Waals surface area (Å²) in [4.78, 5) is 62.1. The number of carbonyl (C=O) groups excluding carboxylic acids is 1. The fourth-order valence-corrected chi connectivity index (χ4v) is 6.72. The van der Waals surface area contributed by atoms with Crippen molar-refractivity contribution in [1.29, 1.82) is 0 Å². The van der Waals surface area contributed by atoms with E-state index in [-0.39, 0.29) is 41.4 Å². The number of nitro groups is 1. The zero-order chi connectivity index (χ0) is 56.1. The number of fused-ring (bicyclic) bond motifs is 4. The van der Waals surface area contributed by atoms with Crippen LogP contribution < -0.4 is 22.5 Å². The lowest BCUT2D eigenvalue weighted by molar-refractivity contribution is -0.742. The van der Waals surface area contributed by atoms with Gasteiger partial charge in [-0.05, 0) is 107 Å². The summed E-state index contributed by atoms with van der Waals surface area (Å²) in [5.41, 5.74) is 22.1. The topological polar surface area (TPSA) is 461 Å². The third-order valence-electron chi connectivity index (χ3n) is 9.81. The van der Waals surface area contributed by atoms with Crippen molar-refractivity contribution in [2.75, 3.05) is 18.6 Å². The van der Waals surface area contributed by atoms with Gasteiger partial charge in [-0.1, -0.05) is 66.1 Å². The molecule has 6 aromatic carbocycles. The van der Waals surface area contributed by atoms with Gasteiger partial charge in [0, 0.05) is 52.0 Å². The van der Waals surface area contributed by atoms with Crippen LogP contribution in [0, 0.1) is 20.2 Å². The number of aromatic amines is 4. The van der Waals surface area contributed by atoms with Gasteiger partial charge >= 0.3 is 23.7 Å². The monoisotopic (exact) mass is 1100 g/mol. The van der Waals surface area contributed by atoms with Crippen LogP contribution in [-0.2, 0) is 13.1 Å². The average molecular weight is 1100 g/mol. The summed E-state index contributed by atoms with van der Waals surface area (Å²) in [6.45, 7) is 0.975. The number of aromatic carboxylic acids is 3. The van der Waals surface area contributed by atoms with Crippen molar-refractivity contribution in [1.82, 2.24) is 46.1 Å². The maximum Gasteiger partial charge on any atom is 0.350 e. The number of carboxylic acids is 3. The number of nitrogens with zero attached hydrogens (tertiary/aromatic N) is 6. The van der Waals surface area contributed by atoms with Crippen LogP contribution in [0.3, 0.4) is 0 Å².